The lowest BCUT2D eigenvalue weighted by molar-refractivity contribution is 0.222. The zero-order chi connectivity index (χ0) is 17.0. The van der Waals surface area contributed by atoms with E-state index in [2.05, 4.69) is 60.9 Å². The number of carbonyl (C=O) groups is 1. The average molecular weight is 322 g/mol. The fourth-order valence-electron chi connectivity index (χ4n) is 3.34. The number of carbonyl (C=O) groups excluding carboxylic acids is 1. The fraction of sp³-hybridized carbons (Fsp3) is 0.381. The van der Waals surface area contributed by atoms with E-state index in [9.17, 15) is 4.79 Å². The SMILES string of the molecule is CC(C)c1ccc(NC(=O)NCC2(c3ccccc3)CCC2)cc1. The van der Waals surface area contributed by atoms with E-state index in [1.165, 1.54) is 17.5 Å². The lowest BCUT2D eigenvalue weighted by Crippen LogP contribution is -2.46. The van der Waals surface area contributed by atoms with E-state index < -0.39 is 0 Å². The summed E-state index contributed by atoms with van der Waals surface area (Å²) >= 11 is 0. The Morgan fingerprint density at radius 1 is 1.04 bits per heavy atom. The molecule has 0 aliphatic heterocycles. The highest BCUT2D eigenvalue weighted by atomic mass is 16.2. The average Bonchev–Trinajstić information content (AvgIpc) is 2.55. The predicted octanol–water partition coefficient (Wildman–Crippen LogP) is 5.05. The van der Waals surface area contributed by atoms with Gasteiger partial charge in [-0.15, -0.1) is 0 Å². The molecule has 1 aliphatic carbocycles. The standard InChI is InChI=1S/C21H26N2O/c1-16(2)17-9-11-19(12-10-17)23-20(24)22-15-21(13-6-14-21)18-7-4-3-5-8-18/h3-5,7-12,16H,6,13-15H2,1-2H3,(H2,22,23,24). The molecule has 2 aromatic carbocycles. The zero-order valence-corrected chi connectivity index (χ0v) is 14.5. The maximum absolute atomic E-state index is 12.2. The van der Waals surface area contributed by atoms with Gasteiger partial charge in [-0.05, 0) is 42.0 Å². The van der Waals surface area contributed by atoms with Crippen LogP contribution in [0.3, 0.4) is 0 Å². The first-order valence-electron chi connectivity index (χ1n) is 8.79. The molecule has 2 amide bonds. The molecule has 0 aromatic heterocycles. The van der Waals surface area contributed by atoms with Crippen LogP contribution in [-0.2, 0) is 5.41 Å². The molecule has 3 nitrogen and oxygen atoms in total. The van der Waals surface area contributed by atoms with E-state index in [0.29, 0.717) is 12.5 Å². The van der Waals surface area contributed by atoms with Crippen LogP contribution in [0.4, 0.5) is 10.5 Å². The molecule has 3 heteroatoms. The number of amides is 2. The second kappa shape index (κ2) is 7.08. The third kappa shape index (κ3) is 3.61. The van der Waals surface area contributed by atoms with E-state index in [0.717, 1.165) is 18.5 Å². The lowest BCUT2D eigenvalue weighted by atomic mass is 9.64. The number of nitrogens with one attached hydrogen (secondary N) is 2. The smallest absolute Gasteiger partial charge is 0.319 e. The molecular weight excluding hydrogens is 296 g/mol. The largest absolute Gasteiger partial charge is 0.337 e. The molecule has 126 valence electrons. The quantitative estimate of drug-likeness (QED) is 0.794. The van der Waals surface area contributed by atoms with Crippen LogP contribution in [-0.4, -0.2) is 12.6 Å². The Morgan fingerprint density at radius 3 is 2.25 bits per heavy atom. The van der Waals surface area contributed by atoms with Gasteiger partial charge in [0.2, 0.25) is 0 Å². The van der Waals surface area contributed by atoms with Gasteiger partial charge in [0.25, 0.3) is 0 Å². The highest BCUT2D eigenvalue weighted by Gasteiger charge is 2.38. The minimum absolute atomic E-state index is 0.111. The van der Waals surface area contributed by atoms with Gasteiger partial charge in [-0.25, -0.2) is 4.79 Å². The lowest BCUT2D eigenvalue weighted by Gasteiger charge is -2.42. The van der Waals surface area contributed by atoms with Gasteiger partial charge in [0.1, 0.15) is 0 Å². The van der Waals surface area contributed by atoms with Gasteiger partial charge in [-0.1, -0.05) is 62.7 Å². The van der Waals surface area contributed by atoms with Crippen molar-refractivity contribution in [2.45, 2.75) is 44.4 Å². The summed E-state index contributed by atoms with van der Waals surface area (Å²) < 4.78 is 0. The first-order chi connectivity index (χ1) is 11.6. The van der Waals surface area contributed by atoms with E-state index in [-0.39, 0.29) is 11.4 Å². The number of urea groups is 1. The summed E-state index contributed by atoms with van der Waals surface area (Å²) in [5.41, 5.74) is 3.55. The van der Waals surface area contributed by atoms with Crippen molar-refractivity contribution in [3.05, 3.63) is 65.7 Å². The van der Waals surface area contributed by atoms with E-state index >= 15 is 0 Å². The Balaban J connectivity index is 1.57. The Kier molecular flexibility index (Phi) is 4.89. The van der Waals surface area contributed by atoms with Crippen LogP contribution in [0.15, 0.2) is 54.6 Å². The van der Waals surface area contributed by atoms with Crippen LogP contribution in [0, 0.1) is 0 Å². The number of anilines is 1. The van der Waals surface area contributed by atoms with Gasteiger partial charge < -0.3 is 10.6 Å². The molecule has 1 saturated carbocycles. The Morgan fingerprint density at radius 2 is 1.71 bits per heavy atom. The molecule has 0 heterocycles. The van der Waals surface area contributed by atoms with Crippen molar-refractivity contribution >= 4 is 11.7 Å². The molecule has 0 spiro atoms. The van der Waals surface area contributed by atoms with Crippen LogP contribution in [0.2, 0.25) is 0 Å². The molecule has 0 bridgehead atoms. The molecule has 0 atom stereocenters. The third-order valence-corrected chi connectivity index (χ3v) is 5.12. The first-order valence-corrected chi connectivity index (χ1v) is 8.79. The van der Waals surface area contributed by atoms with Gasteiger partial charge in [0.05, 0.1) is 0 Å². The van der Waals surface area contributed by atoms with Crippen LogP contribution in [0.1, 0.15) is 50.2 Å². The molecule has 3 rings (SSSR count). The van der Waals surface area contributed by atoms with Crippen molar-refractivity contribution < 1.29 is 4.79 Å². The molecule has 2 N–H and O–H groups in total. The molecule has 2 aromatic rings. The summed E-state index contributed by atoms with van der Waals surface area (Å²) in [6.07, 6.45) is 3.51. The van der Waals surface area contributed by atoms with E-state index in [1.807, 2.05) is 18.2 Å². The van der Waals surface area contributed by atoms with Crippen molar-refractivity contribution in [2.24, 2.45) is 0 Å². The molecule has 24 heavy (non-hydrogen) atoms. The zero-order valence-electron chi connectivity index (χ0n) is 14.5. The highest BCUT2D eigenvalue weighted by molar-refractivity contribution is 5.89. The molecule has 0 unspecified atom stereocenters. The number of hydrogen-bond donors (Lipinski definition) is 2. The van der Waals surface area contributed by atoms with Gasteiger partial charge in [0, 0.05) is 17.6 Å². The predicted molar refractivity (Wildman–Crippen MR) is 99.5 cm³/mol. The molecule has 0 radical (unpaired) electrons. The normalized spacial score (nSPS) is 15.6. The monoisotopic (exact) mass is 322 g/mol. The van der Waals surface area contributed by atoms with Crippen molar-refractivity contribution in [3.8, 4) is 0 Å². The first kappa shape index (κ1) is 16.6. The molecule has 0 saturated heterocycles. The number of rotatable bonds is 5. The van der Waals surface area contributed by atoms with Crippen molar-refractivity contribution in [3.63, 3.8) is 0 Å². The van der Waals surface area contributed by atoms with Crippen LogP contribution in [0.5, 0.6) is 0 Å². The molecular formula is C21H26N2O. The molecule has 1 fully saturated rings. The highest BCUT2D eigenvalue weighted by Crippen LogP contribution is 2.43. The number of benzene rings is 2. The van der Waals surface area contributed by atoms with Gasteiger partial charge in [0.15, 0.2) is 0 Å². The second-order valence-corrected chi connectivity index (χ2v) is 7.08. The second-order valence-electron chi connectivity index (χ2n) is 7.08. The summed E-state index contributed by atoms with van der Waals surface area (Å²) in [4.78, 5) is 12.2. The van der Waals surface area contributed by atoms with Crippen LogP contribution >= 0.6 is 0 Å². The van der Waals surface area contributed by atoms with Crippen molar-refractivity contribution in [2.75, 3.05) is 11.9 Å². The number of hydrogen-bond acceptors (Lipinski definition) is 1. The van der Waals surface area contributed by atoms with Crippen LogP contribution < -0.4 is 10.6 Å². The van der Waals surface area contributed by atoms with Crippen LogP contribution in [0.25, 0.3) is 0 Å². The van der Waals surface area contributed by atoms with Crippen molar-refractivity contribution in [1.29, 1.82) is 0 Å². The van der Waals surface area contributed by atoms with Gasteiger partial charge in [-0.2, -0.15) is 0 Å². The van der Waals surface area contributed by atoms with E-state index in [1.54, 1.807) is 0 Å². The third-order valence-electron chi connectivity index (χ3n) is 5.12. The minimum Gasteiger partial charge on any atom is -0.337 e. The summed E-state index contributed by atoms with van der Waals surface area (Å²) in [6, 6.07) is 18.5. The summed E-state index contributed by atoms with van der Waals surface area (Å²) in [7, 11) is 0. The van der Waals surface area contributed by atoms with Gasteiger partial charge in [-0.3, -0.25) is 0 Å². The Bertz CT molecular complexity index is 673. The Labute approximate surface area is 144 Å². The summed E-state index contributed by atoms with van der Waals surface area (Å²) in [5.74, 6) is 0.497. The topological polar surface area (TPSA) is 41.1 Å². The molecule has 1 aliphatic rings. The van der Waals surface area contributed by atoms with E-state index in [4.69, 9.17) is 0 Å². The summed E-state index contributed by atoms with van der Waals surface area (Å²) in [6.45, 7) is 5.01. The minimum atomic E-state index is -0.130. The van der Waals surface area contributed by atoms with Crippen molar-refractivity contribution in [1.82, 2.24) is 5.32 Å². The fourth-order valence-corrected chi connectivity index (χ4v) is 3.34. The maximum atomic E-state index is 12.2. The maximum Gasteiger partial charge on any atom is 0.319 e. The summed E-state index contributed by atoms with van der Waals surface area (Å²) in [5, 5.41) is 5.99. The Hall–Kier alpha value is -2.29. The van der Waals surface area contributed by atoms with Gasteiger partial charge >= 0.3 is 6.03 Å².